The van der Waals surface area contributed by atoms with Crippen LogP contribution in [0.1, 0.15) is 11.1 Å². The lowest BCUT2D eigenvalue weighted by atomic mass is 10.2. The standard InChI is InChI=1S/C20H16ClN3O2S3/c1-11-3-5-12(6-4-11)10-28-19-22-17-16(18(25)23-19)29-20(27)24(17)14-9-13(21)7-8-15(14)26-2/h3-9H,10H2,1-2H3,(H,22,23,25). The fourth-order valence-corrected chi connectivity index (χ4v) is 5.08. The second-order valence-electron chi connectivity index (χ2n) is 6.32. The largest absolute Gasteiger partial charge is 0.495 e. The van der Waals surface area contributed by atoms with Crippen LogP contribution in [0.4, 0.5) is 0 Å². The van der Waals surface area contributed by atoms with Crippen LogP contribution in [-0.2, 0) is 5.75 Å². The molecule has 0 spiro atoms. The molecule has 0 saturated carbocycles. The molecule has 0 fully saturated rings. The lowest BCUT2D eigenvalue weighted by Crippen LogP contribution is -2.09. The van der Waals surface area contributed by atoms with Gasteiger partial charge in [-0.05, 0) is 42.9 Å². The second-order valence-corrected chi connectivity index (χ2v) is 9.36. The van der Waals surface area contributed by atoms with E-state index in [1.807, 2.05) is 0 Å². The molecule has 0 radical (unpaired) electrons. The number of hydrogen-bond donors (Lipinski definition) is 1. The molecule has 0 aliphatic heterocycles. The highest BCUT2D eigenvalue weighted by Crippen LogP contribution is 2.32. The Morgan fingerprint density at radius 1 is 1.28 bits per heavy atom. The van der Waals surface area contributed by atoms with Crippen LogP contribution >= 0.6 is 46.9 Å². The van der Waals surface area contributed by atoms with E-state index in [0.29, 0.717) is 41.7 Å². The molecule has 1 N–H and O–H groups in total. The summed E-state index contributed by atoms with van der Waals surface area (Å²) in [6, 6.07) is 13.5. The van der Waals surface area contributed by atoms with Gasteiger partial charge in [-0.3, -0.25) is 9.36 Å². The van der Waals surface area contributed by atoms with Crippen molar-refractivity contribution in [3.63, 3.8) is 0 Å². The zero-order valence-electron chi connectivity index (χ0n) is 15.6. The van der Waals surface area contributed by atoms with Gasteiger partial charge < -0.3 is 9.72 Å². The molecular weight excluding hydrogens is 446 g/mol. The Bertz CT molecular complexity index is 1310. The second kappa shape index (κ2) is 8.31. The van der Waals surface area contributed by atoms with E-state index in [1.54, 1.807) is 29.9 Å². The molecule has 0 bridgehead atoms. The van der Waals surface area contributed by atoms with E-state index in [-0.39, 0.29) is 5.56 Å². The Balaban J connectivity index is 1.80. The monoisotopic (exact) mass is 461 g/mol. The average Bonchev–Trinajstić information content (AvgIpc) is 3.04. The number of hydrogen-bond acceptors (Lipinski definition) is 6. The topological polar surface area (TPSA) is 59.9 Å². The first-order valence-electron chi connectivity index (χ1n) is 8.64. The van der Waals surface area contributed by atoms with Gasteiger partial charge in [-0.15, -0.1) is 0 Å². The van der Waals surface area contributed by atoms with Crippen LogP contribution in [0.3, 0.4) is 0 Å². The van der Waals surface area contributed by atoms with Crippen LogP contribution in [0.2, 0.25) is 5.02 Å². The van der Waals surface area contributed by atoms with Crippen molar-refractivity contribution in [3.8, 4) is 11.4 Å². The fraction of sp³-hybridized carbons (Fsp3) is 0.150. The van der Waals surface area contributed by atoms with Crippen molar-refractivity contribution in [2.75, 3.05) is 7.11 Å². The first kappa shape index (κ1) is 20.2. The third-order valence-corrected chi connectivity index (χ3v) is 6.84. The maximum atomic E-state index is 12.7. The highest BCUT2D eigenvalue weighted by atomic mass is 35.5. The summed E-state index contributed by atoms with van der Waals surface area (Å²) in [5.74, 6) is 1.29. The van der Waals surface area contributed by atoms with Crippen LogP contribution in [0.5, 0.6) is 5.75 Å². The molecule has 0 aliphatic rings. The number of aromatic amines is 1. The lowest BCUT2D eigenvalue weighted by molar-refractivity contribution is 0.413. The average molecular weight is 462 g/mol. The lowest BCUT2D eigenvalue weighted by Gasteiger charge is -2.11. The molecule has 2 heterocycles. The van der Waals surface area contributed by atoms with Gasteiger partial charge in [-0.25, -0.2) is 4.98 Å². The summed E-state index contributed by atoms with van der Waals surface area (Å²) in [7, 11) is 1.58. The molecule has 5 nitrogen and oxygen atoms in total. The molecule has 2 aromatic heterocycles. The Morgan fingerprint density at radius 2 is 2.03 bits per heavy atom. The Kier molecular flexibility index (Phi) is 5.78. The Morgan fingerprint density at radius 3 is 2.76 bits per heavy atom. The van der Waals surface area contributed by atoms with E-state index in [9.17, 15) is 4.79 Å². The van der Waals surface area contributed by atoms with E-state index in [4.69, 9.17) is 28.6 Å². The molecule has 0 atom stereocenters. The molecule has 29 heavy (non-hydrogen) atoms. The van der Waals surface area contributed by atoms with Crippen molar-refractivity contribution >= 4 is 57.3 Å². The molecule has 0 saturated heterocycles. The van der Waals surface area contributed by atoms with Crippen molar-refractivity contribution in [1.82, 2.24) is 14.5 Å². The molecule has 0 unspecified atom stereocenters. The van der Waals surface area contributed by atoms with Gasteiger partial charge in [0.05, 0.1) is 12.8 Å². The molecule has 148 valence electrons. The highest BCUT2D eigenvalue weighted by Gasteiger charge is 2.17. The van der Waals surface area contributed by atoms with Crippen LogP contribution in [0.15, 0.2) is 52.4 Å². The van der Waals surface area contributed by atoms with Gasteiger partial charge in [-0.2, -0.15) is 0 Å². The summed E-state index contributed by atoms with van der Waals surface area (Å²) in [4.78, 5) is 20.2. The predicted octanol–water partition coefficient (Wildman–Crippen LogP) is 5.77. The maximum Gasteiger partial charge on any atom is 0.271 e. The zero-order chi connectivity index (χ0) is 20.5. The summed E-state index contributed by atoms with van der Waals surface area (Å²) in [5, 5.41) is 1.08. The van der Waals surface area contributed by atoms with Gasteiger partial charge in [-0.1, -0.05) is 64.5 Å². The number of thioether (sulfide) groups is 1. The first-order valence-corrected chi connectivity index (χ1v) is 11.2. The zero-order valence-corrected chi connectivity index (χ0v) is 18.8. The maximum absolute atomic E-state index is 12.7. The minimum Gasteiger partial charge on any atom is -0.495 e. The van der Waals surface area contributed by atoms with Gasteiger partial charge in [0.2, 0.25) is 0 Å². The number of aromatic nitrogens is 3. The minimum absolute atomic E-state index is 0.211. The Labute approximate surface area is 185 Å². The summed E-state index contributed by atoms with van der Waals surface area (Å²) in [5.41, 5.74) is 3.30. The van der Waals surface area contributed by atoms with Gasteiger partial charge >= 0.3 is 0 Å². The summed E-state index contributed by atoms with van der Waals surface area (Å²) in [6.07, 6.45) is 0. The SMILES string of the molecule is COc1ccc(Cl)cc1-n1c(=S)sc2c(=O)[nH]c(SCc3ccc(C)cc3)nc21. The van der Waals surface area contributed by atoms with E-state index < -0.39 is 0 Å². The number of thiazole rings is 1. The number of nitrogens with zero attached hydrogens (tertiary/aromatic N) is 2. The summed E-state index contributed by atoms with van der Waals surface area (Å²) < 4.78 is 8.17. The molecular formula is C20H16ClN3O2S3. The van der Waals surface area contributed by atoms with Crippen molar-refractivity contribution in [3.05, 3.63) is 72.9 Å². The molecule has 2 aromatic carbocycles. The third-order valence-electron chi connectivity index (χ3n) is 4.30. The minimum atomic E-state index is -0.211. The number of benzene rings is 2. The third kappa shape index (κ3) is 4.11. The van der Waals surface area contributed by atoms with Crippen LogP contribution < -0.4 is 10.3 Å². The highest BCUT2D eigenvalue weighted by molar-refractivity contribution is 7.98. The number of rotatable bonds is 5. The molecule has 0 aliphatic carbocycles. The van der Waals surface area contributed by atoms with Crippen LogP contribution in [0.25, 0.3) is 16.0 Å². The number of methoxy groups -OCH3 is 1. The van der Waals surface area contributed by atoms with Crippen molar-refractivity contribution in [1.29, 1.82) is 0 Å². The van der Waals surface area contributed by atoms with E-state index in [1.165, 1.54) is 28.7 Å². The van der Waals surface area contributed by atoms with Crippen LogP contribution in [-0.4, -0.2) is 21.6 Å². The van der Waals surface area contributed by atoms with Gasteiger partial charge in [0.15, 0.2) is 14.8 Å². The Hall–Kier alpha value is -2.13. The molecule has 4 rings (SSSR count). The van der Waals surface area contributed by atoms with Gasteiger partial charge in [0.1, 0.15) is 10.4 Å². The van der Waals surface area contributed by atoms with E-state index in [2.05, 4.69) is 41.2 Å². The molecule has 4 aromatic rings. The first-order chi connectivity index (χ1) is 14.0. The smallest absolute Gasteiger partial charge is 0.271 e. The van der Waals surface area contributed by atoms with Crippen LogP contribution in [0, 0.1) is 10.9 Å². The quantitative estimate of drug-likeness (QED) is 0.232. The van der Waals surface area contributed by atoms with E-state index in [0.717, 1.165) is 5.56 Å². The summed E-state index contributed by atoms with van der Waals surface area (Å²) in [6.45, 7) is 2.05. The van der Waals surface area contributed by atoms with Crippen molar-refractivity contribution < 1.29 is 4.74 Å². The number of fused-ring (bicyclic) bond motifs is 1. The number of aryl methyl sites for hydroxylation is 1. The molecule has 0 amide bonds. The number of H-pyrrole nitrogens is 1. The van der Waals surface area contributed by atoms with Crippen molar-refractivity contribution in [2.45, 2.75) is 17.8 Å². The fourth-order valence-electron chi connectivity index (χ4n) is 2.85. The number of halogens is 1. The van der Waals surface area contributed by atoms with Gasteiger partial charge in [0.25, 0.3) is 5.56 Å². The predicted molar refractivity (Wildman–Crippen MR) is 123 cm³/mol. The summed E-state index contributed by atoms with van der Waals surface area (Å²) >= 11 is 14.4. The number of ether oxygens (including phenoxy) is 1. The number of nitrogens with one attached hydrogen (secondary N) is 1. The van der Waals surface area contributed by atoms with Crippen molar-refractivity contribution in [2.24, 2.45) is 0 Å². The normalized spacial score (nSPS) is 11.1. The van der Waals surface area contributed by atoms with E-state index >= 15 is 0 Å². The molecule has 9 heteroatoms. The van der Waals surface area contributed by atoms with Gasteiger partial charge in [0, 0.05) is 10.8 Å².